The van der Waals surface area contributed by atoms with Gasteiger partial charge in [-0.1, -0.05) is 0 Å². The summed E-state index contributed by atoms with van der Waals surface area (Å²) in [6.45, 7) is 3.00. The van der Waals surface area contributed by atoms with Gasteiger partial charge in [-0.25, -0.2) is 4.39 Å². The quantitative estimate of drug-likeness (QED) is 0.651. The molecule has 12 heavy (non-hydrogen) atoms. The molecule has 0 unspecified atom stereocenters. The lowest BCUT2D eigenvalue weighted by Crippen LogP contribution is -1.96. The van der Waals surface area contributed by atoms with Crippen LogP contribution in [0.25, 0.3) is 0 Å². The molecule has 0 aliphatic heterocycles. The largest absolute Gasteiger partial charge is 0.505 e. The highest BCUT2D eigenvalue weighted by molar-refractivity contribution is 5.95. The van der Waals surface area contributed by atoms with Crippen molar-refractivity contribution in [2.75, 3.05) is 0 Å². The number of carbonyl (C=O) groups excluding carboxylic acids is 1. The summed E-state index contributed by atoms with van der Waals surface area (Å²) in [4.78, 5) is 10.9. The molecule has 1 aromatic carbocycles. The van der Waals surface area contributed by atoms with Gasteiger partial charge in [0.1, 0.15) is 0 Å². The number of hydrogen-bond acceptors (Lipinski definition) is 2. The van der Waals surface area contributed by atoms with Gasteiger partial charge in [0.25, 0.3) is 0 Å². The average molecular weight is 168 g/mol. The highest BCUT2D eigenvalue weighted by Crippen LogP contribution is 2.20. The van der Waals surface area contributed by atoms with Crippen LogP contribution in [0.15, 0.2) is 12.1 Å². The molecule has 0 saturated heterocycles. The number of Topliss-reactive ketones (excluding diaryl/α,β-unsaturated/α-hetero) is 1. The molecule has 1 N–H and O–H groups in total. The molecule has 0 fully saturated rings. The number of aryl methyl sites for hydroxylation is 1. The van der Waals surface area contributed by atoms with E-state index in [0.717, 1.165) is 12.1 Å². The van der Waals surface area contributed by atoms with E-state index in [-0.39, 0.29) is 5.78 Å². The molecule has 0 atom stereocenters. The van der Waals surface area contributed by atoms with Crippen molar-refractivity contribution in [3.8, 4) is 5.75 Å². The van der Waals surface area contributed by atoms with E-state index in [1.165, 1.54) is 6.92 Å². The Kier molecular flexibility index (Phi) is 2.13. The summed E-state index contributed by atoms with van der Waals surface area (Å²) in [5.74, 6) is -1.36. The fourth-order valence-electron chi connectivity index (χ4n) is 1.04. The molecule has 3 heteroatoms. The van der Waals surface area contributed by atoms with Crippen LogP contribution in [0.4, 0.5) is 4.39 Å². The Labute approximate surface area is 69.6 Å². The number of hydrogen-bond donors (Lipinski definition) is 1. The lowest BCUT2D eigenvalue weighted by molar-refractivity contribution is 0.101. The van der Waals surface area contributed by atoms with Crippen molar-refractivity contribution in [1.29, 1.82) is 0 Å². The Hall–Kier alpha value is -1.38. The number of aromatic hydroxyl groups is 1. The van der Waals surface area contributed by atoms with E-state index >= 15 is 0 Å². The molecule has 0 saturated carbocycles. The van der Waals surface area contributed by atoms with Gasteiger partial charge in [0.15, 0.2) is 17.3 Å². The fourth-order valence-corrected chi connectivity index (χ4v) is 1.04. The Morgan fingerprint density at radius 3 is 2.58 bits per heavy atom. The molecule has 2 nitrogen and oxygen atoms in total. The molecular weight excluding hydrogens is 159 g/mol. The molecule has 0 aliphatic rings. The predicted molar refractivity (Wildman–Crippen MR) is 42.8 cm³/mol. The van der Waals surface area contributed by atoms with Crippen LogP contribution in [0, 0.1) is 12.7 Å². The summed E-state index contributed by atoms with van der Waals surface area (Å²) < 4.78 is 12.7. The summed E-state index contributed by atoms with van der Waals surface area (Å²) in [6.07, 6.45) is 0. The first-order valence-electron chi connectivity index (χ1n) is 3.52. The molecule has 0 amide bonds. The minimum absolute atomic E-state index is 0.178. The van der Waals surface area contributed by atoms with E-state index in [4.69, 9.17) is 5.11 Å². The third-order valence-corrected chi connectivity index (χ3v) is 1.67. The van der Waals surface area contributed by atoms with E-state index in [9.17, 15) is 9.18 Å². The maximum atomic E-state index is 12.7. The number of phenolic OH excluding ortho intramolecular Hbond substituents is 1. The topological polar surface area (TPSA) is 37.3 Å². The number of halogens is 1. The van der Waals surface area contributed by atoms with Crippen LogP contribution in [0.2, 0.25) is 0 Å². The van der Waals surface area contributed by atoms with Crippen molar-refractivity contribution in [3.63, 3.8) is 0 Å². The zero-order chi connectivity index (χ0) is 9.30. The van der Waals surface area contributed by atoms with Crippen molar-refractivity contribution in [2.24, 2.45) is 0 Å². The van der Waals surface area contributed by atoms with E-state index in [1.807, 2.05) is 0 Å². The zero-order valence-corrected chi connectivity index (χ0v) is 6.89. The first-order chi connectivity index (χ1) is 5.52. The normalized spacial score (nSPS) is 9.92. The van der Waals surface area contributed by atoms with Crippen LogP contribution >= 0.6 is 0 Å². The van der Waals surface area contributed by atoms with Gasteiger partial charge >= 0.3 is 0 Å². The van der Waals surface area contributed by atoms with E-state index in [1.54, 1.807) is 6.92 Å². The summed E-state index contributed by atoms with van der Waals surface area (Å²) in [7, 11) is 0. The minimum Gasteiger partial charge on any atom is -0.505 e. The highest BCUT2D eigenvalue weighted by atomic mass is 19.1. The van der Waals surface area contributed by atoms with E-state index in [2.05, 4.69) is 0 Å². The predicted octanol–water partition coefficient (Wildman–Crippen LogP) is 2.04. The number of phenols is 1. The van der Waals surface area contributed by atoms with Gasteiger partial charge in [-0.15, -0.1) is 0 Å². The maximum Gasteiger partial charge on any atom is 0.165 e. The summed E-state index contributed by atoms with van der Waals surface area (Å²) >= 11 is 0. The first-order valence-corrected chi connectivity index (χ1v) is 3.52. The van der Waals surface area contributed by atoms with Crippen LogP contribution in [0.5, 0.6) is 5.75 Å². The molecule has 64 valence electrons. The lowest BCUT2D eigenvalue weighted by Gasteiger charge is -2.02. The van der Waals surface area contributed by atoms with Crippen LogP contribution in [0.1, 0.15) is 22.8 Å². The van der Waals surface area contributed by atoms with Crippen LogP contribution in [-0.2, 0) is 0 Å². The number of carbonyl (C=O) groups is 1. The highest BCUT2D eigenvalue weighted by Gasteiger charge is 2.08. The van der Waals surface area contributed by atoms with Gasteiger partial charge in [-0.3, -0.25) is 4.79 Å². The second-order valence-electron chi connectivity index (χ2n) is 2.67. The zero-order valence-electron chi connectivity index (χ0n) is 6.89. The average Bonchev–Trinajstić information content (AvgIpc) is 1.96. The van der Waals surface area contributed by atoms with Gasteiger partial charge in [-0.05, 0) is 31.5 Å². The third kappa shape index (κ3) is 1.44. The Balaban J connectivity index is 3.33. The summed E-state index contributed by atoms with van der Waals surface area (Å²) in [6, 6.07) is 2.29. The van der Waals surface area contributed by atoms with Gasteiger partial charge in [0.2, 0.25) is 0 Å². The first kappa shape index (κ1) is 8.71. The smallest absolute Gasteiger partial charge is 0.165 e. The van der Waals surface area contributed by atoms with Gasteiger partial charge in [0, 0.05) is 5.56 Å². The molecule has 0 radical (unpaired) electrons. The maximum absolute atomic E-state index is 12.7. The van der Waals surface area contributed by atoms with Crippen LogP contribution < -0.4 is 0 Å². The molecule has 0 spiro atoms. The second kappa shape index (κ2) is 2.93. The lowest BCUT2D eigenvalue weighted by atomic mass is 10.1. The Bertz CT molecular complexity index is 332. The number of rotatable bonds is 1. The summed E-state index contributed by atoms with van der Waals surface area (Å²) in [5.41, 5.74) is 0.895. The Morgan fingerprint density at radius 1 is 1.50 bits per heavy atom. The molecule has 0 aliphatic carbocycles. The van der Waals surface area contributed by atoms with Gasteiger partial charge in [0.05, 0.1) is 0 Å². The molecule has 0 bridgehead atoms. The second-order valence-corrected chi connectivity index (χ2v) is 2.67. The minimum atomic E-state index is -0.697. The third-order valence-electron chi connectivity index (χ3n) is 1.67. The van der Waals surface area contributed by atoms with Crippen molar-refractivity contribution in [1.82, 2.24) is 0 Å². The summed E-state index contributed by atoms with van der Waals surface area (Å²) in [5, 5.41) is 8.95. The van der Waals surface area contributed by atoms with Gasteiger partial charge < -0.3 is 5.11 Å². The van der Waals surface area contributed by atoms with Crippen molar-refractivity contribution < 1.29 is 14.3 Å². The monoisotopic (exact) mass is 168 g/mol. The SMILES string of the molecule is CC(=O)c1cc(O)c(F)cc1C. The van der Waals surface area contributed by atoms with E-state index in [0.29, 0.717) is 11.1 Å². The number of benzene rings is 1. The number of ketones is 1. The van der Waals surface area contributed by atoms with Gasteiger partial charge in [-0.2, -0.15) is 0 Å². The van der Waals surface area contributed by atoms with E-state index < -0.39 is 11.6 Å². The molecule has 0 aromatic heterocycles. The van der Waals surface area contributed by atoms with Crippen molar-refractivity contribution >= 4 is 5.78 Å². The van der Waals surface area contributed by atoms with Crippen molar-refractivity contribution in [2.45, 2.75) is 13.8 Å². The van der Waals surface area contributed by atoms with Crippen molar-refractivity contribution in [3.05, 3.63) is 29.1 Å². The fraction of sp³-hybridized carbons (Fsp3) is 0.222. The molecule has 0 heterocycles. The van der Waals surface area contributed by atoms with Crippen LogP contribution in [-0.4, -0.2) is 10.9 Å². The molecular formula is C9H9FO2. The molecule has 1 aromatic rings. The molecule has 1 rings (SSSR count). The standard InChI is InChI=1S/C9H9FO2/c1-5-3-8(10)9(12)4-7(5)6(2)11/h3-4,12H,1-2H3. The Morgan fingerprint density at radius 2 is 2.08 bits per heavy atom. The van der Waals surface area contributed by atoms with Crippen LogP contribution in [0.3, 0.4) is 0 Å².